The number of anilines is 1. The number of amides is 1. The van der Waals surface area contributed by atoms with Crippen LogP contribution in [0.4, 0.5) is 19.1 Å². The number of alkyl halides is 3. The Labute approximate surface area is 127 Å². The number of benzene rings is 1. The molecule has 23 heavy (non-hydrogen) atoms. The van der Waals surface area contributed by atoms with E-state index in [0.717, 1.165) is 18.2 Å². The summed E-state index contributed by atoms with van der Waals surface area (Å²) in [5.41, 5.74) is 7.47. The lowest BCUT2D eigenvalue weighted by Gasteiger charge is -2.19. The number of halogens is 3. The highest BCUT2D eigenvalue weighted by Gasteiger charge is 2.37. The number of carbonyl (C=O) groups is 1. The van der Waals surface area contributed by atoms with Crippen molar-refractivity contribution in [3.63, 3.8) is 0 Å². The van der Waals surface area contributed by atoms with Crippen LogP contribution in [0.25, 0.3) is 0 Å². The number of primary amides is 1. The second kappa shape index (κ2) is 5.71. The van der Waals surface area contributed by atoms with Crippen molar-refractivity contribution in [1.82, 2.24) is 15.2 Å². The Balaban J connectivity index is 2.74. The van der Waals surface area contributed by atoms with Crippen LogP contribution in [-0.2, 0) is 6.18 Å². The molecule has 1 aromatic heterocycles. The Morgan fingerprint density at radius 1 is 1.30 bits per heavy atom. The van der Waals surface area contributed by atoms with Crippen LogP contribution in [0.5, 0.6) is 0 Å². The molecule has 0 bridgehead atoms. The van der Waals surface area contributed by atoms with Gasteiger partial charge in [-0.2, -0.15) is 13.2 Å². The molecule has 0 saturated heterocycles. The Bertz CT molecular complexity index is 816. The predicted molar refractivity (Wildman–Crippen MR) is 74.5 cm³/mol. The summed E-state index contributed by atoms with van der Waals surface area (Å²) in [4.78, 5) is 25.5. The molecule has 1 unspecified atom stereocenters. The smallest absolute Gasteiger partial charge is 0.368 e. The average molecular weight is 327 g/mol. The summed E-state index contributed by atoms with van der Waals surface area (Å²) in [6.45, 7) is 1.30. The molecule has 0 fully saturated rings. The first-order valence-corrected chi connectivity index (χ1v) is 6.35. The predicted octanol–water partition coefficient (Wildman–Crippen LogP) is 1.02. The van der Waals surface area contributed by atoms with Crippen molar-refractivity contribution >= 4 is 11.9 Å². The standard InChI is InChI=1S/C13H12F3N5O2/c1-5(9-11(23)19-12(18)21-20-9)8-6(10(17)22)3-2-4-7(8)13(14,15)16/h2-5H,1H3,(H2,17,22)(H3,18,19,21,23). The van der Waals surface area contributed by atoms with E-state index in [9.17, 15) is 22.8 Å². The third-order valence-electron chi connectivity index (χ3n) is 3.26. The third-order valence-corrected chi connectivity index (χ3v) is 3.26. The number of hydrogen-bond donors (Lipinski definition) is 3. The monoisotopic (exact) mass is 327 g/mol. The summed E-state index contributed by atoms with van der Waals surface area (Å²) in [6.07, 6.45) is -4.73. The summed E-state index contributed by atoms with van der Waals surface area (Å²) in [7, 11) is 0. The van der Waals surface area contributed by atoms with Crippen LogP contribution in [0.15, 0.2) is 23.0 Å². The molecule has 5 N–H and O–H groups in total. The van der Waals surface area contributed by atoms with Crippen LogP contribution in [-0.4, -0.2) is 21.1 Å². The van der Waals surface area contributed by atoms with E-state index in [0.29, 0.717) is 0 Å². The van der Waals surface area contributed by atoms with Crippen LogP contribution < -0.4 is 17.0 Å². The van der Waals surface area contributed by atoms with Gasteiger partial charge >= 0.3 is 6.18 Å². The Hall–Kier alpha value is -2.91. The van der Waals surface area contributed by atoms with Gasteiger partial charge in [0, 0.05) is 11.5 Å². The van der Waals surface area contributed by atoms with E-state index in [1.807, 2.05) is 0 Å². The molecule has 10 heteroatoms. The molecule has 1 heterocycles. The second-order valence-electron chi connectivity index (χ2n) is 4.78. The molecule has 0 radical (unpaired) electrons. The first kappa shape index (κ1) is 16.5. The number of H-pyrrole nitrogens is 1. The number of nitrogen functional groups attached to an aromatic ring is 1. The van der Waals surface area contributed by atoms with Crippen molar-refractivity contribution in [2.75, 3.05) is 5.73 Å². The first-order valence-electron chi connectivity index (χ1n) is 6.35. The van der Waals surface area contributed by atoms with Crippen LogP contribution in [0.1, 0.15) is 40.0 Å². The highest BCUT2D eigenvalue weighted by atomic mass is 19.4. The van der Waals surface area contributed by atoms with E-state index in [4.69, 9.17) is 11.5 Å². The maximum absolute atomic E-state index is 13.2. The van der Waals surface area contributed by atoms with Crippen molar-refractivity contribution in [3.05, 3.63) is 50.9 Å². The van der Waals surface area contributed by atoms with Gasteiger partial charge in [0.05, 0.1) is 5.56 Å². The summed E-state index contributed by atoms with van der Waals surface area (Å²) in [6, 6.07) is 3.03. The first-order chi connectivity index (χ1) is 10.6. The molecule has 0 spiro atoms. The summed E-state index contributed by atoms with van der Waals surface area (Å²) >= 11 is 0. The molecule has 1 amide bonds. The van der Waals surface area contributed by atoms with Gasteiger partial charge in [-0.05, 0) is 17.7 Å². The quantitative estimate of drug-likeness (QED) is 0.775. The molecule has 7 nitrogen and oxygen atoms in total. The molecule has 2 aromatic rings. The lowest BCUT2D eigenvalue weighted by Crippen LogP contribution is -2.25. The average Bonchev–Trinajstić information content (AvgIpc) is 2.44. The minimum atomic E-state index is -4.73. The summed E-state index contributed by atoms with van der Waals surface area (Å²) < 4.78 is 39.7. The molecule has 1 atom stereocenters. The minimum Gasteiger partial charge on any atom is -0.368 e. The van der Waals surface area contributed by atoms with Crippen LogP contribution >= 0.6 is 0 Å². The maximum atomic E-state index is 13.2. The van der Waals surface area contributed by atoms with Crippen molar-refractivity contribution < 1.29 is 18.0 Å². The summed E-state index contributed by atoms with van der Waals surface area (Å²) in [5.74, 6) is -2.49. The number of aromatic amines is 1. The fraction of sp³-hybridized carbons (Fsp3) is 0.231. The van der Waals surface area contributed by atoms with Crippen molar-refractivity contribution in [2.45, 2.75) is 19.0 Å². The number of nitrogens with two attached hydrogens (primary N) is 2. The number of nitrogens with zero attached hydrogens (tertiary/aromatic N) is 2. The lowest BCUT2D eigenvalue weighted by atomic mass is 9.88. The van der Waals surface area contributed by atoms with Gasteiger partial charge in [-0.25, -0.2) is 0 Å². The molecule has 0 aliphatic heterocycles. The largest absolute Gasteiger partial charge is 0.416 e. The maximum Gasteiger partial charge on any atom is 0.416 e. The third kappa shape index (κ3) is 3.15. The zero-order valence-corrected chi connectivity index (χ0v) is 11.8. The van der Waals surface area contributed by atoms with E-state index < -0.39 is 34.7 Å². The fourth-order valence-corrected chi connectivity index (χ4v) is 2.27. The molecule has 0 aliphatic carbocycles. The zero-order chi connectivity index (χ0) is 17.4. The van der Waals surface area contributed by atoms with Gasteiger partial charge in [0.1, 0.15) is 5.69 Å². The van der Waals surface area contributed by atoms with Crippen LogP contribution in [0, 0.1) is 0 Å². The number of nitrogens with one attached hydrogen (secondary N) is 1. The normalized spacial score (nSPS) is 12.9. The Morgan fingerprint density at radius 3 is 2.48 bits per heavy atom. The van der Waals surface area contributed by atoms with Gasteiger partial charge in [0.25, 0.3) is 5.56 Å². The number of rotatable bonds is 3. The Morgan fingerprint density at radius 2 is 1.96 bits per heavy atom. The second-order valence-corrected chi connectivity index (χ2v) is 4.78. The highest BCUT2D eigenvalue weighted by Crippen LogP contribution is 2.38. The molecule has 0 aliphatic rings. The van der Waals surface area contributed by atoms with Crippen LogP contribution in [0.2, 0.25) is 0 Å². The van der Waals surface area contributed by atoms with Crippen molar-refractivity contribution in [2.24, 2.45) is 5.73 Å². The zero-order valence-electron chi connectivity index (χ0n) is 11.8. The van der Waals surface area contributed by atoms with E-state index in [-0.39, 0.29) is 17.2 Å². The molecular formula is C13H12F3N5O2. The molecule has 122 valence electrons. The van der Waals surface area contributed by atoms with Gasteiger partial charge in [-0.1, -0.05) is 13.0 Å². The molecule has 0 saturated carbocycles. The van der Waals surface area contributed by atoms with Gasteiger partial charge in [-0.15, -0.1) is 10.2 Å². The van der Waals surface area contributed by atoms with E-state index >= 15 is 0 Å². The van der Waals surface area contributed by atoms with Gasteiger partial charge in [-0.3, -0.25) is 14.6 Å². The van der Waals surface area contributed by atoms with Gasteiger partial charge < -0.3 is 11.5 Å². The van der Waals surface area contributed by atoms with Gasteiger partial charge in [0.15, 0.2) is 0 Å². The minimum absolute atomic E-state index is 0.273. The number of hydrogen-bond acceptors (Lipinski definition) is 5. The molecular weight excluding hydrogens is 315 g/mol. The van der Waals surface area contributed by atoms with E-state index in [1.54, 1.807) is 0 Å². The fourth-order valence-electron chi connectivity index (χ4n) is 2.27. The van der Waals surface area contributed by atoms with Crippen LogP contribution in [0.3, 0.4) is 0 Å². The van der Waals surface area contributed by atoms with E-state index in [1.165, 1.54) is 6.92 Å². The topological polar surface area (TPSA) is 128 Å². The van der Waals surface area contributed by atoms with E-state index in [2.05, 4.69) is 15.2 Å². The Kier molecular flexibility index (Phi) is 4.08. The summed E-state index contributed by atoms with van der Waals surface area (Å²) in [5, 5.41) is 6.97. The van der Waals surface area contributed by atoms with Crippen molar-refractivity contribution in [3.8, 4) is 0 Å². The highest BCUT2D eigenvalue weighted by molar-refractivity contribution is 5.95. The SMILES string of the molecule is CC(c1c(C(N)=O)cccc1C(F)(F)F)c1nnc(N)[nH]c1=O. The van der Waals surface area contributed by atoms with Crippen molar-refractivity contribution in [1.29, 1.82) is 0 Å². The number of carbonyl (C=O) groups excluding carboxylic acids is 1. The lowest BCUT2D eigenvalue weighted by molar-refractivity contribution is -0.138. The molecule has 1 aromatic carbocycles. The molecule has 2 rings (SSSR count). The number of aromatic nitrogens is 3. The van der Waals surface area contributed by atoms with Gasteiger partial charge in [0.2, 0.25) is 11.9 Å².